The van der Waals surface area contributed by atoms with Crippen molar-refractivity contribution in [2.45, 2.75) is 46.0 Å². The zero-order valence-electron chi connectivity index (χ0n) is 21.4. The average Bonchev–Trinajstić information content (AvgIpc) is 3.20. The van der Waals surface area contributed by atoms with E-state index in [9.17, 15) is 4.57 Å². The van der Waals surface area contributed by atoms with Crippen LogP contribution < -0.4 is 10.8 Å². The maximum atomic E-state index is 12.5. The molecule has 1 aliphatic carbocycles. The van der Waals surface area contributed by atoms with Gasteiger partial charge in [0.1, 0.15) is 23.6 Å². The van der Waals surface area contributed by atoms with Crippen LogP contribution in [0.3, 0.4) is 0 Å². The Hall–Kier alpha value is -2.45. The molecule has 4 rings (SSSR count). The molecule has 2 aromatic heterocycles. The number of aromatic nitrogens is 3. The van der Waals surface area contributed by atoms with Gasteiger partial charge in [0.05, 0.1) is 12.0 Å². The van der Waals surface area contributed by atoms with Gasteiger partial charge in [-0.05, 0) is 45.1 Å². The van der Waals surface area contributed by atoms with Gasteiger partial charge in [-0.15, -0.1) is 0 Å². The number of likely N-dealkylation sites (tertiary alicyclic amines) is 1. The number of anilines is 1. The third-order valence-corrected chi connectivity index (χ3v) is 7.53. The highest BCUT2D eigenvalue weighted by Crippen LogP contribution is 2.42. The van der Waals surface area contributed by atoms with Gasteiger partial charge in [-0.2, -0.15) is 0 Å². The molecule has 0 spiro atoms. The standard InChI is InChI=1S/C17H24N5O3P.C4H9N.C4H8/c1-5-13(14-9-19-17-15(14)16(18)20-10-21-17)8-12(4)24-11-26(23,22-6-2)25-7-3;1-5-3-2-4-5;1-2-4-3-1/h5,8-10H,1,4,6-7,11H2,2-3H3,(H,22,23)(H3,18,19,20,21);2-4H2,1H3;1-4H2/b13-8+;;. The molecular formula is C25H41N6O3P. The third kappa shape index (κ3) is 9.26. The lowest BCUT2D eigenvalue weighted by Gasteiger charge is -2.24. The van der Waals surface area contributed by atoms with Crippen LogP contribution in [0.25, 0.3) is 16.6 Å². The van der Waals surface area contributed by atoms with Gasteiger partial charge in [-0.3, -0.25) is 4.57 Å². The highest BCUT2D eigenvalue weighted by atomic mass is 31.2. The van der Waals surface area contributed by atoms with E-state index in [0.29, 0.717) is 35.8 Å². The van der Waals surface area contributed by atoms with Crippen molar-refractivity contribution in [1.82, 2.24) is 24.9 Å². The van der Waals surface area contributed by atoms with Gasteiger partial charge in [0.2, 0.25) is 0 Å². The van der Waals surface area contributed by atoms with E-state index in [1.807, 2.05) is 6.92 Å². The van der Waals surface area contributed by atoms with E-state index in [2.05, 4.69) is 45.1 Å². The van der Waals surface area contributed by atoms with Crippen LogP contribution in [0.1, 0.15) is 51.5 Å². The maximum absolute atomic E-state index is 12.5. The number of ether oxygens (including phenoxy) is 1. The van der Waals surface area contributed by atoms with Gasteiger partial charge in [0.25, 0.3) is 0 Å². The van der Waals surface area contributed by atoms with Crippen LogP contribution in [-0.2, 0) is 13.8 Å². The summed E-state index contributed by atoms with van der Waals surface area (Å²) in [5.74, 6) is 0.682. The number of nitrogen functional groups attached to an aromatic ring is 1. The van der Waals surface area contributed by atoms with Gasteiger partial charge in [-0.1, -0.05) is 51.8 Å². The van der Waals surface area contributed by atoms with E-state index >= 15 is 0 Å². The van der Waals surface area contributed by atoms with Crippen LogP contribution in [0.5, 0.6) is 0 Å². The molecule has 10 heteroatoms. The van der Waals surface area contributed by atoms with Crippen LogP contribution in [0.15, 0.2) is 43.6 Å². The predicted molar refractivity (Wildman–Crippen MR) is 145 cm³/mol. The lowest BCUT2D eigenvalue weighted by atomic mass is 10.0. The quantitative estimate of drug-likeness (QED) is 0.226. The first-order chi connectivity index (χ1) is 16.8. The lowest BCUT2D eigenvalue weighted by molar-refractivity contribution is 0.229. The minimum absolute atomic E-state index is 0.117. The summed E-state index contributed by atoms with van der Waals surface area (Å²) in [6.45, 7) is 14.8. The van der Waals surface area contributed by atoms with Crippen molar-refractivity contribution in [1.29, 1.82) is 0 Å². The predicted octanol–water partition coefficient (Wildman–Crippen LogP) is 5.32. The molecule has 4 N–H and O–H groups in total. The van der Waals surface area contributed by atoms with Crippen molar-refractivity contribution < 1.29 is 13.8 Å². The molecule has 1 aliphatic heterocycles. The van der Waals surface area contributed by atoms with Crippen molar-refractivity contribution in [3.8, 4) is 0 Å². The summed E-state index contributed by atoms with van der Waals surface area (Å²) in [7, 11) is -0.924. The third-order valence-electron chi connectivity index (χ3n) is 5.58. The van der Waals surface area contributed by atoms with E-state index in [4.69, 9.17) is 15.0 Å². The van der Waals surface area contributed by atoms with Crippen LogP contribution in [-0.4, -0.2) is 59.5 Å². The number of hydrogen-bond acceptors (Lipinski definition) is 7. The number of aromatic amines is 1. The number of nitrogens with zero attached hydrogens (tertiary/aromatic N) is 3. The SMILES string of the molecule is C1CCC1.C=C/C(=C\C(=C)OCP(=O)(NCC)OCC)c1c[nH]c2ncnc(N)c12.CN1CCC1. The van der Waals surface area contributed by atoms with E-state index < -0.39 is 7.52 Å². The zero-order valence-corrected chi connectivity index (χ0v) is 22.3. The molecular weight excluding hydrogens is 463 g/mol. The molecule has 0 radical (unpaired) electrons. The lowest BCUT2D eigenvalue weighted by Crippen LogP contribution is -2.32. The maximum Gasteiger partial charge on any atom is 0.306 e. The molecule has 3 heterocycles. The molecule has 1 saturated heterocycles. The van der Waals surface area contributed by atoms with E-state index in [-0.39, 0.29) is 6.35 Å². The van der Waals surface area contributed by atoms with Crippen LogP contribution in [0, 0.1) is 0 Å². The summed E-state index contributed by atoms with van der Waals surface area (Å²) in [5, 5.41) is 3.52. The van der Waals surface area contributed by atoms with Crippen molar-refractivity contribution in [3.63, 3.8) is 0 Å². The Balaban J connectivity index is 0.000000395. The largest absolute Gasteiger partial charge is 0.483 e. The Morgan fingerprint density at radius 3 is 2.40 bits per heavy atom. The summed E-state index contributed by atoms with van der Waals surface area (Å²) < 4.78 is 23.4. The summed E-state index contributed by atoms with van der Waals surface area (Å²) in [4.78, 5) is 13.5. The molecule has 2 fully saturated rings. The van der Waals surface area contributed by atoms with Crippen LogP contribution in [0.2, 0.25) is 0 Å². The van der Waals surface area contributed by atoms with E-state index in [1.165, 1.54) is 51.5 Å². The number of allylic oxidation sites excluding steroid dienone is 3. The smallest absolute Gasteiger partial charge is 0.306 e. The van der Waals surface area contributed by atoms with E-state index in [0.717, 1.165) is 11.1 Å². The topological polar surface area (TPSA) is 118 Å². The normalized spacial score (nSPS) is 16.9. The number of hydrogen-bond donors (Lipinski definition) is 3. The molecule has 1 atom stereocenters. The molecule has 0 aromatic carbocycles. The number of fused-ring (bicyclic) bond motifs is 1. The second kappa shape index (κ2) is 14.8. The molecule has 194 valence electrons. The van der Waals surface area contributed by atoms with Gasteiger partial charge in [0.15, 0.2) is 6.35 Å². The van der Waals surface area contributed by atoms with Crippen molar-refractivity contribution >= 4 is 29.9 Å². The molecule has 0 amide bonds. The molecule has 2 aromatic rings. The van der Waals surface area contributed by atoms with E-state index in [1.54, 1.807) is 25.3 Å². The summed E-state index contributed by atoms with van der Waals surface area (Å²) in [6.07, 6.45) is 13.8. The first-order valence-corrected chi connectivity index (χ1v) is 14.1. The van der Waals surface area contributed by atoms with Crippen molar-refractivity contribution in [3.05, 3.63) is 49.2 Å². The van der Waals surface area contributed by atoms with Gasteiger partial charge in [-0.25, -0.2) is 15.1 Å². The summed E-state index contributed by atoms with van der Waals surface area (Å²) in [5.41, 5.74) is 8.08. The second-order valence-electron chi connectivity index (χ2n) is 8.40. The fraction of sp³-hybridized carbons (Fsp3) is 0.520. The van der Waals surface area contributed by atoms with Crippen molar-refractivity contribution in [2.75, 3.05) is 45.4 Å². The molecule has 9 nitrogen and oxygen atoms in total. The van der Waals surface area contributed by atoms with Crippen LogP contribution >= 0.6 is 7.52 Å². The number of rotatable bonds is 10. The van der Waals surface area contributed by atoms with Gasteiger partial charge in [0, 0.05) is 18.3 Å². The molecule has 1 unspecified atom stereocenters. The van der Waals surface area contributed by atoms with Gasteiger partial charge >= 0.3 is 7.52 Å². The Morgan fingerprint density at radius 1 is 1.26 bits per heavy atom. The van der Waals surface area contributed by atoms with Gasteiger partial charge < -0.3 is 24.9 Å². The Bertz CT molecular complexity index is 1010. The minimum atomic E-state index is -3.07. The Labute approximate surface area is 209 Å². The monoisotopic (exact) mass is 504 g/mol. The summed E-state index contributed by atoms with van der Waals surface area (Å²) in [6, 6.07) is 0. The fourth-order valence-corrected chi connectivity index (χ4v) is 4.64. The minimum Gasteiger partial charge on any atom is -0.483 e. The Morgan fingerprint density at radius 2 is 1.91 bits per heavy atom. The number of nitrogens with one attached hydrogen (secondary N) is 2. The first-order valence-electron chi connectivity index (χ1n) is 12.2. The Kier molecular flexibility index (Phi) is 12.2. The number of nitrogens with two attached hydrogens (primary N) is 1. The number of H-pyrrole nitrogens is 1. The second-order valence-corrected chi connectivity index (χ2v) is 10.6. The zero-order chi connectivity index (χ0) is 25.7. The average molecular weight is 505 g/mol. The molecule has 2 aliphatic rings. The molecule has 0 bridgehead atoms. The highest BCUT2D eigenvalue weighted by Gasteiger charge is 2.22. The highest BCUT2D eigenvalue weighted by molar-refractivity contribution is 7.56. The van der Waals surface area contributed by atoms with Crippen molar-refractivity contribution in [2.24, 2.45) is 0 Å². The van der Waals surface area contributed by atoms with Crippen LogP contribution in [0.4, 0.5) is 5.82 Å². The molecule has 1 saturated carbocycles. The fourth-order valence-electron chi connectivity index (χ4n) is 3.15. The first kappa shape index (κ1) is 28.8. The summed E-state index contributed by atoms with van der Waals surface area (Å²) >= 11 is 0. The molecule has 35 heavy (non-hydrogen) atoms.